The van der Waals surface area contributed by atoms with Gasteiger partial charge in [0.15, 0.2) is 0 Å². The highest BCUT2D eigenvalue weighted by Gasteiger charge is 1.91. The van der Waals surface area contributed by atoms with Gasteiger partial charge in [-0.25, -0.2) is 4.98 Å². The molecule has 1 aromatic heterocycles. The number of terminal acetylenes is 1. The maximum absolute atomic E-state index is 5.39. The zero-order valence-corrected chi connectivity index (χ0v) is 5.95. The Kier molecular flexibility index (Phi) is 2.34. The van der Waals surface area contributed by atoms with Crippen LogP contribution in [0.2, 0.25) is 0 Å². The molecular formula is C8H8N2O. The number of hydrogen-bond acceptors (Lipinski definition) is 3. The molecule has 2 N–H and O–H groups in total. The molecule has 3 nitrogen and oxygen atoms in total. The predicted octanol–water partition coefficient (Wildman–Crippen LogP) is 0.676. The van der Waals surface area contributed by atoms with Crippen LogP contribution in [0, 0.1) is 12.3 Å². The number of nitrogens with zero attached hydrogens (tertiary/aromatic N) is 1. The molecule has 0 radical (unpaired) electrons. The van der Waals surface area contributed by atoms with Crippen LogP contribution in [-0.4, -0.2) is 11.6 Å². The molecule has 0 aliphatic carbocycles. The van der Waals surface area contributed by atoms with Crippen molar-refractivity contribution in [1.82, 2.24) is 4.98 Å². The minimum atomic E-state index is 0.253. The lowest BCUT2D eigenvalue weighted by atomic mass is 10.4. The largest absolute Gasteiger partial charge is 0.481 e. The van der Waals surface area contributed by atoms with Gasteiger partial charge in [0.25, 0.3) is 0 Å². The number of anilines is 1. The molecule has 3 heteroatoms. The molecule has 1 rings (SSSR count). The maximum atomic E-state index is 5.39. The second kappa shape index (κ2) is 3.47. The van der Waals surface area contributed by atoms with E-state index in [-0.39, 0.29) is 6.61 Å². The van der Waals surface area contributed by atoms with Crippen LogP contribution in [0.5, 0.6) is 5.75 Å². The minimum Gasteiger partial charge on any atom is -0.481 e. The molecule has 56 valence electrons. The van der Waals surface area contributed by atoms with Gasteiger partial charge in [-0.1, -0.05) is 5.92 Å². The maximum Gasteiger partial charge on any atom is 0.148 e. The number of nitrogen functional groups attached to an aromatic ring is 1. The Morgan fingerprint density at radius 3 is 3.18 bits per heavy atom. The van der Waals surface area contributed by atoms with Crippen molar-refractivity contribution in [1.29, 1.82) is 0 Å². The summed E-state index contributed by atoms with van der Waals surface area (Å²) in [5.41, 5.74) is 5.39. The molecule has 0 unspecified atom stereocenters. The first-order valence-corrected chi connectivity index (χ1v) is 3.10. The normalized spacial score (nSPS) is 8.64. The van der Waals surface area contributed by atoms with E-state index < -0.39 is 0 Å². The number of ether oxygens (including phenoxy) is 1. The lowest BCUT2D eigenvalue weighted by molar-refractivity contribution is 0.370. The summed E-state index contributed by atoms with van der Waals surface area (Å²) >= 11 is 0. The highest BCUT2D eigenvalue weighted by molar-refractivity contribution is 5.35. The molecule has 0 amide bonds. The van der Waals surface area contributed by atoms with Gasteiger partial charge in [0.2, 0.25) is 0 Å². The second-order valence-corrected chi connectivity index (χ2v) is 1.91. The van der Waals surface area contributed by atoms with Crippen LogP contribution in [0.4, 0.5) is 5.82 Å². The second-order valence-electron chi connectivity index (χ2n) is 1.91. The molecule has 1 aromatic rings. The van der Waals surface area contributed by atoms with E-state index in [4.69, 9.17) is 16.9 Å². The average molecular weight is 148 g/mol. The molecule has 0 aliphatic rings. The third kappa shape index (κ3) is 2.18. The van der Waals surface area contributed by atoms with Gasteiger partial charge in [-0.15, -0.1) is 6.42 Å². The van der Waals surface area contributed by atoms with Crippen LogP contribution in [0.15, 0.2) is 18.3 Å². The van der Waals surface area contributed by atoms with Crippen LogP contribution in [-0.2, 0) is 0 Å². The van der Waals surface area contributed by atoms with Crippen LogP contribution < -0.4 is 10.5 Å². The van der Waals surface area contributed by atoms with Crippen molar-refractivity contribution in [3.63, 3.8) is 0 Å². The van der Waals surface area contributed by atoms with Crippen molar-refractivity contribution in [3.8, 4) is 18.1 Å². The van der Waals surface area contributed by atoms with E-state index in [2.05, 4.69) is 10.9 Å². The third-order valence-electron chi connectivity index (χ3n) is 1.07. The smallest absolute Gasteiger partial charge is 0.148 e. The van der Waals surface area contributed by atoms with E-state index in [0.717, 1.165) is 0 Å². The molecule has 0 saturated heterocycles. The van der Waals surface area contributed by atoms with Crippen LogP contribution >= 0.6 is 0 Å². The molecule has 0 bridgehead atoms. The van der Waals surface area contributed by atoms with Crippen molar-refractivity contribution < 1.29 is 4.74 Å². The van der Waals surface area contributed by atoms with Crippen molar-refractivity contribution in [2.45, 2.75) is 0 Å². The van der Waals surface area contributed by atoms with Gasteiger partial charge in [0.1, 0.15) is 18.2 Å². The molecule has 0 spiro atoms. The van der Waals surface area contributed by atoms with Crippen LogP contribution in [0.3, 0.4) is 0 Å². The van der Waals surface area contributed by atoms with Crippen molar-refractivity contribution in [2.24, 2.45) is 0 Å². The molecule has 11 heavy (non-hydrogen) atoms. The summed E-state index contributed by atoms with van der Waals surface area (Å²) in [4.78, 5) is 3.79. The van der Waals surface area contributed by atoms with E-state index in [1.165, 1.54) is 0 Å². The fourth-order valence-electron chi connectivity index (χ4n) is 0.643. The van der Waals surface area contributed by atoms with Gasteiger partial charge in [-0.2, -0.15) is 0 Å². The first kappa shape index (κ1) is 7.42. The Labute approximate surface area is 65.2 Å². The van der Waals surface area contributed by atoms with E-state index >= 15 is 0 Å². The summed E-state index contributed by atoms with van der Waals surface area (Å²) in [5, 5.41) is 0. The molecule has 0 fully saturated rings. The summed E-state index contributed by atoms with van der Waals surface area (Å²) in [6.07, 6.45) is 6.56. The minimum absolute atomic E-state index is 0.253. The summed E-state index contributed by atoms with van der Waals surface area (Å²) in [6.45, 7) is 0.253. The summed E-state index contributed by atoms with van der Waals surface area (Å²) in [7, 11) is 0. The standard InChI is InChI=1S/C8H8N2O/c1-2-5-11-7-3-4-10-8(9)6-7/h1,3-4,6H,5H2,(H2,9,10). The average Bonchev–Trinajstić information content (AvgIpc) is 2.01. The fourth-order valence-corrected chi connectivity index (χ4v) is 0.643. The number of rotatable bonds is 2. The number of hydrogen-bond donors (Lipinski definition) is 1. The summed E-state index contributed by atoms with van der Waals surface area (Å²) < 4.78 is 5.08. The zero-order chi connectivity index (χ0) is 8.10. The first-order valence-electron chi connectivity index (χ1n) is 3.10. The van der Waals surface area contributed by atoms with E-state index in [1.54, 1.807) is 18.3 Å². The Morgan fingerprint density at radius 2 is 2.55 bits per heavy atom. The Balaban J connectivity index is 2.65. The first-order chi connectivity index (χ1) is 5.33. The number of pyridine rings is 1. The summed E-state index contributed by atoms with van der Waals surface area (Å²) in [5.74, 6) is 3.43. The molecule has 0 aromatic carbocycles. The van der Waals surface area contributed by atoms with Crippen LogP contribution in [0.1, 0.15) is 0 Å². The molecule has 0 atom stereocenters. The van der Waals surface area contributed by atoms with E-state index in [0.29, 0.717) is 11.6 Å². The highest BCUT2D eigenvalue weighted by Crippen LogP contribution is 2.10. The zero-order valence-electron chi connectivity index (χ0n) is 5.95. The number of aromatic nitrogens is 1. The fraction of sp³-hybridized carbons (Fsp3) is 0.125. The van der Waals surface area contributed by atoms with Gasteiger partial charge in [-0.05, 0) is 6.07 Å². The van der Waals surface area contributed by atoms with E-state index in [1.807, 2.05) is 0 Å². The van der Waals surface area contributed by atoms with Gasteiger partial charge in [0, 0.05) is 12.3 Å². The van der Waals surface area contributed by atoms with Gasteiger partial charge < -0.3 is 10.5 Å². The Bertz CT molecular complexity index is 278. The molecule has 1 heterocycles. The third-order valence-corrected chi connectivity index (χ3v) is 1.07. The van der Waals surface area contributed by atoms with Gasteiger partial charge >= 0.3 is 0 Å². The lowest BCUT2D eigenvalue weighted by Gasteiger charge is -2.00. The Morgan fingerprint density at radius 1 is 1.73 bits per heavy atom. The monoisotopic (exact) mass is 148 g/mol. The summed E-state index contributed by atoms with van der Waals surface area (Å²) in [6, 6.07) is 3.32. The van der Waals surface area contributed by atoms with Crippen molar-refractivity contribution >= 4 is 5.82 Å². The quantitative estimate of drug-likeness (QED) is 0.627. The Hall–Kier alpha value is -1.69. The molecule has 0 aliphatic heterocycles. The molecular weight excluding hydrogens is 140 g/mol. The van der Waals surface area contributed by atoms with Gasteiger partial charge in [-0.3, -0.25) is 0 Å². The predicted molar refractivity (Wildman–Crippen MR) is 43.0 cm³/mol. The van der Waals surface area contributed by atoms with Crippen LogP contribution in [0.25, 0.3) is 0 Å². The van der Waals surface area contributed by atoms with Crippen molar-refractivity contribution in [3.05, 3.63) is 18.3 Å². The highest BCUT2D eigenvalue weighted by atomic mass is 16.5. The van der Waals surface area contributed by atoms with E-state index in [9.17, 15) is 0 Å². The lowest BCUT2D eigenvalue weighted by Crippen LogP contribution is -1.95. The SMILES string of the molecule is C#CCOc1ccnc(N)c1. The van der Waals surface area contributed by atoms with Crippen molar-refractivity contribution in [2.75, 3.05) is 12.3 Å². The number of nitrogens with two attached hydrogens (primary N) is 1. The topological polar surface area (TPSA) is 48.1 Å². The van der Waals surface area contributed by atoms with Gasteiger partial charge in [0.05, 0.1) is 0 Å². The molecule has 0 saturated carbocycles.